The molecular weight excluding hydrogens is 366 g/mol. The van der Waals surface area contributed by atoms with E-state index in [4.69, 9.17) is 4.42 Å². The second kappa shape index (κ2) is 7.79. The largest absolute Gasteiger partial charge is 0.455 e. The maximum Gasteiger partial charge on any atom is 0.158 e. The molecule has 124 valence electrons. The van der Waals surface area contributed by atoms with Crippen LogP contribution in [0.2, 0.25) is 0 Å². The summed E-state index contributed by atoms with van der Waals surface area (Å²) in [7, 11) is 0. The Kier molecular flexibility index (Phi) is 5.51. The van der Waals surface area contributed by atoms with E-state index >= 15 is 0 Å². The first-order valence-corrected chi connectivity index (χ1v) is 8.84. The number of aliphatic hydroxyl groups excluding tert-OH is 1. The van der Waals surface area contributed by atoms with Crippen LogP contribution in [0.1, 0.15) is 24.4 Å². The number of rotatable bonds is 6. The smallest absolute Gasteiger partial charge is 0.158 e. The van der Waals surface area contributed by atoms with Gasteiger partial charge in [-0.3, -0.25) is 0 Å². The van der Waals surface area contributed by atoms with Crippen LogP contribution in [0.4, 0.5) is 0 Å². The van der Waals surface area contributed by atoms with Crippen molar-refractivity contribution < 1.29 is 14.8 Å². The Labute approximate surface area is 150 Å². The second-order valence-corrected chi connectivity index (χ2v) is 6.84. The average molecular weight is 387 g/mol. The first-order chi connectivity index (χ1) is 11.6. The van der Waals surface area contributed by atoms with Gasteiger partial charge in [0, 0.05) is 10.0 Å². The van der Waals surface area contributed by atoms with Gasteiger partial charge in [-0.05, 0) is 36.8 Å². The van der Waals surface area contributed by atoms with E-state index < -0.39 is 6.10 Å². The maximum absolute atomic E-state index is 10.4. The molecule has 0 saturated heterocycles. The van der Waals surface area contributed by atoms with E-state index in [2.05, 4.69) is 21.2 Å². The molecule has 0 amide bonds. The van der Waals surface area contributed by atoms with Crippen LogP contribution in [0.3, 0.4) is 0 Å². The lowest BCUT2D eigenvalue weighted by Crippen LogP contribution is -2.88. The molecule has 0 aliphatic carbocycles. The summed E-state index contributed by atoms with van der Waals surface area (Å²) >= 11 is 3.44. The number of hydrogen-bond donors (Lipinski definition) is 2. The van der Waals surface area contributed by atoms with Gasteiger partial charge in [-0.2, -0.15) is 0 Å². The van der Waals surface area contributed by atoms with E-state index in [1.807, 2.05) is 73.7 Å². The maximum atomic E-state index is 10.4. The third-order valence-electron chi connectivity index (χ3n) is 4.12. The zero-order chi connectivity index (χ0) is 16.9. The molecule has 3 aromatic rings. The molecular formula is C20H21BrNO2+. The highest BCUT2D eigenvalue weighted by Crippen LogP contribution is 2.23. The average Bonchev–Trinajstić information content (AvgIpc) is 3.09. The first kappa shape index (κ1) is 17.0. The molecule has 0 aliphatic heterocycles. The highest BCUT2D eigenvalue weighted by atomic mass is 79.9. The fourth-order valence-electron chi connectivity index (χ4n) is 2.64. The van der Waals surface area contributed by atoms with Gasteiger partial charge in [0.25, 0.3) is 0 Å². The molecule has 0 spiro atoms. The van der Waals surface area contributed by atoms with Crippen LogP contribution < -0.4 is 5.32 Å². The third-order valence-corrected chi connectivity index (χ3v) is 4.65. The Morgan fingerprint density at radius 1 is 1.00 bits per heavy atom. The van der Waals surface area contributed by atoms with Crippen molar-refractivity contribution in [2.75, 3.05) is 0 Å². The van der Waals surface area contributed by atoms with E-state index in [1.54, 1.807) is 0 Å². The number of hydrogen-bond acceptors (Lipinski definition) is 2. The summed E-state index contributed by atoms with van der Waals surface area (Å²) in [6.07, 6.45) is -0.493. The molecule has 0 fully saturated rings. The summed E-state index contributed by atoms with van der Waals surface area (Å²) in [5.41, 5.74) is 2.00. The Bertz CT molecular complexity index is 768. The number of furan rings is 1. The van der Waals surface area contributed by atoms with Crippen LogP contribution in [-0.4, -0.2) is 11.1 Å². The molecule has 3 rings (SSSR count). The highest BCUT2D eigenvalue weighted by Gasteiger charge is 2.19. The molecule has 0 aliphatic rings. The van der Waals surface area contributed by atoms with Crippen molar-refractivity contribution in [3.63, 3.8) is 0 Å². The Hall–Kier alpha value is -1.88. The summed E-state index contributed by atoms with van der Waals surface area (Å²) < 4.78 is 6.97. The molecule has 2 aromatic carbocycles. The van der Waals surface area contributed by atoms with E-state index in [-0.39, 0.29) is 6.04 Å². The molecule has 3 N–H and O–H groups in total. The highest BCUT2D eigenvalue weighted by molar-refractivity contribution is 9.10. The molecule has 3 nitrogen and oxygen atoms in total. The van der Waals surface area contributed by atoms with Gasteiger partial charge in [-0.1, -0.05) is 58.4 Å². The van der Waals surface area contributed by atoms with E-state index in [0.29, 0.717) is 6.54 Å². The molecule has 0 unspecified atom stereocenters. The molecule has 24 heavy (non-hydrogen) atoms. The third kappa shape index (κ3) is 4.15. The lowest BCUT2D eigenvalue weighted by molar-refractivity contribution is -0.710. The fourth-order valence-corrected chi connectivity index (χ4v) is 2.91. The topological polar surface area (TPSA) is 50.0 Å². The molecule has 1 aromatic heterocycles. The van der Waals surface area contributed by atoms with Crippen molar-refractivity contribution in [1.29, 1.82) is 0 Å². The van der Waals surface area contributed by atoms with Crippen LogP contribution in [0.5, 0.6) is 0 Å². The van der Waals surface area contributed by atoms with Crippen molar-refractivity contribution in [2.24, 2.45) is 0 Å². The van der Waals surface area contributed by atoms with Crippen molar-refractivity contribution >= 4 is 15.9 Å². The summed E-state index contributed by atoms with van der Waals surface area (Å²) in [6, 6.07) is 21.8. The Morgan fingerprint density at radius 3 is 2.42 bits per heavy atom. The minimum atomic E-state index is -0.493. The lowest BCUT2D eigenvalue weighted by atomic mass is 10.0. The van der Waals surface area contributed by atoms with Gasteiger partial charge >= 0.3 is 0 Å². The first-order valence-electron chi connectivity index (χ1n) is 8.04. The van der Waals surface area contributed by atoms with E-state index in [0.717, 1.165) is 27.1 Å². The van der Waals surface area contributed by atoms with Crippen LogP contribution >= 0.6 is 15.9 Å². The summed E-state index contributed by atoms with van der Waals surface area (Å²) in [4.78, 5) is 0. The second-order valence-electron chi connectivity index (χ2n) is 5.93. The van der Waals surface area contributed by atoms with Crippen LogP contribution in [0.15, 0.2) is 75.6 Å². The standard InChI is InChI=1S/C20H20BrNO2/c1-14(20(23)16-5-3-2-4-6-16)22-13-18-11-12-19(24-18)15-7-9-17(21)10-8-15/h2-12,14,20,22-23H,13H2,1H3/p+1/t14-,20+/m1/s1. The van der Waals surface area contributed by atoms with E-state index in [1.165, 1.54) is 0 Å². The Balaban J connectivity index is 1.60. The summed E-state index contributed by atoms with van der Waals surface area (Å²) in [5.74, 6) is 1.77. The molecule has 0 bridgehead atoms. The quantitative estimate of drug-likeness (QED) is 0.674. The van der Waals surface area contributed by atoms with Crippen molar-refractivity contribution in [3.8, 4) is 11.3 Å². The van der Waals surface area contributed by atoms with Gasteiger partial charge in [0.15, 0.2) is 5.76 Å². The Morgan fingerprint density at radius 2 is 1.71 bits per heavy atom. The van der Waals surface area contributed by atoms with Crippen molar-refractivity contribution in [3.05, 3.63) is 82.5 Å². The minimum absolute atomic E-state index is 0.0497. The van der Waals surface area contributed by atoms with Crippen LogP contribution in [0.25, 0.3) is 11.3 Å². The SMILES string of the molecule is C[C@@H]([NH2+]Cc1ccc(-c2ccc(Br)cc2)o1)[C@H](O)c1ccccc1. The van der Waals surface area contributed by atoms with Gasteiger partial charge in [-0.15, -0.1) is 0 Å². The van der Waals surface area contributed by atoms with Crippen LogP contribution in [0, 0.1) is 0 Å². The molecule has 0 radical (unpaired) electrons. The van der Waals surface area contributed by atoms with E-state index in [9.17, 15) is 5.11 Å². The van der Waals surface area contributed by atoms with Crippen molar-refractivity contribution in [1.82, 2.24) is 0 Å². The number of halogens is 1. The van der Waals surface area contributed by atoms with Crippen molar-refractivity contribution in [2.45, 2.75) is 25.6 Å². The zero-order valence-corrected chi connectivity index (χ0v) is 15.1. The lowest BCUT2D eigenvalue weighted by Gasteiger charge is -2.17. The normalized spacial score (nSPS) is 13.6. The molecule has 1 heterocycles. The van der Waals surface area contributed by atoms with Gasteiger partial charge in [0.05, 0.1) is 0 Å². The fraction of sp³-hybridized carbons (Fsp3) is 0.200. The number of benzene rings is 2. The molecule has 4 heteroatoms. The molecule has 0 saturated carbocycles. The number of nitrogens with two attached hydrogens (primary N) is 1. The minimum Gasteiger partial charge on any atom is -0.455 e. The zero-order valence-electron chi connectivity index (χ0n) is 13.5. The predicted molar refractivity (Wildman–Crippen MR) is 98.3 cm³/mol. The number of aliphatic hydroxyl groups is 1. The molecule has 2 atom stereocenters. The van der Waals surface area contributed by atoms with Gasteiger partial charge < -0.3 is 14.8 Å². The summed E-state index contributed by atoms with van der Waals surface area (Å²) in [5, 5.41) is 12.5. The van der Waals surface area contributed by atoms with Gasteiger partial charge in [-0.25, -0.2) is 0 Å². The summed E-state index contributed by atoms with van der Waals surface area (Å²) in [6.45, 7) is 2.72. The monoisotopic (exact) mass is 386 g/mol. The van der Waals surface area contributed by atoms with Gasteiger partial charge in [0.1, 0.15) is 24.5 Å². The number of quaternary nitrogens is 1. The predicted octanol–water partition coefficient (Wildman–Crippen LogP) is 3.89. The van der Waals surface area contributed by atoms with Gasteiger partial charge in [0.2, 0.25) is 0 Å². The van der Waals surface area contributed by atoms with Crippen LogP contribution in [-0.2, 0) is 6.54 Å².